The van der Waals surface area contributed by atoms with E-state index in [9.17, 15) is 9.59 Å². The molecule has 2 aliphatic rings. The van der Waals surface area contributed by atoms with Crippen LogP contribution in [0.25, 0.3) is 0 Å². The minimum Gasteiger partial charge on any atom is -0.462 e. The first kappa shape index (κ1) is 19.5. The summed E-state index contributed by atoms with van der Waals surface area (Å²) in [5.74, 6) is 0.533. The van der Waals surface area contributed by atoms with Gasteiger partial charge in [0.2, 0.25) is 0 Å². The number of rotatable bonds is 4. The van der Waals surface area contributed by atoms with Crippen LogP contribution in [0, 0.1) is 0 Å². The van der Waals surface area contributed by atoms with Gasteiger partial charge in [-0.25, -0.2) is 14.6 Å². The van der Waals surface area contributed by atoms with Crippen molar-refractivity contribution in [2.24, 2.45) is 0 Å². The van der Waals surface area contributed by atoms with Crippen LogP contribution >= 0.6 is 0 Å². The minimum atomic E-state index is -0.492. The second kappa shape index (κ2) is 7.74. The number of aromatic nitrogens is 1. The van der Waals surface area contributed by atoms with E-state index in [0.717, 1.165) is 31.5 Å². The number of carbonyl (C=O) groups excluding carboxylic acids is 2. The van der Waals surface area contributed by atoms with Crippen LogP contribution in [0.2, 0.25) is 0 Å². The summed E-state index contributed by atoms with van der Waals surface area (Å²) in [5, 5.41) is 3.02. The number of nitrogens with one attached hydrogen (secondary N) is 1. The maximum absolute atomic E-state index is 12.1. The molecule has 0 radical (unpaired) electrons. The number of hydrogen-bond acceptors (Lipinski definition) is 6. The lowest BCUT2D eigenvalue weighted by molar-refractivity contribution is 0.0489. The van der Waals surface area contributed by atoms with Crippen molar-refractivity contribution in [3.8, 4) is 0 Å². The first-order valence-electron chi connectivity index (χ1n) is 9.68. The summed E-state index contributed by atoms with van der Waals surface area (Å²) >= 11 is 0. The molecule has 2 bridgehead atoms. The predicted octanol–water partition coefficient (Wildman–Crippen LogP) is 3.28. The molecule has 2 aliphatic heterocycles. The van der Waals surface area contributed by atoms with E-state index in [4.69, 9.17) is 9.47 Å². The van der Waals surface area contributed by atoms with E-state index in [1.165, 1.54) is 0 Å². The fourth-order valence-electron chi connectivity index (χ4n) is 4.02. The maximum atomic E-state index is 12.1. The number of hydrogen-bond donors (Lipinski definition) is 1. The third-order valence-electron chi connectivity index (χ3n) is 4.98. The smallest absolute Gasteiger partial charge is 0.407 e. The van der Waals surface area contributed by atoms with Crippen LogP contribution in [0.1, 0.15) is 63.7 Å². The first-order valence-corrected chi connectivity index (χ1v) is 9.68. The van der Waals surface area contributed by atoms with Gasteiger partial charge in [0.25, 0.3) is 0 Å². The fourth-order valence-corrected chi connectivity index (χ4v) is 4.02. The Morgan fingerprint density at radius 3 is 2.41 bits per heavy atom. The predicted molar refractivity (Wildman–Crippen MR) is 102 cm³/mol. The van der Waals surface area contributed by atoms with Crippen molar-refractivity contribution in [3.63, 3.8) is 0 Å². The summed E-state index contributed by atoms with van der Waals surface area (Å²) in [6.45, 7) is 7.73. The molecule has 1 aromatic heterocycles. The summed E-state index contributed by atoms with van der Waals surface area (Å²) in [6, 6.07) is 4.45. The lowest BCUT2D eigenvalue weighted by atomic mass is 9.97. The van der Waals surface area contributed by atoms with Gasteiger partial charge in [0.05, 0.1) is 12.2 Å². The molecule has 148 valence electrons. The second-order valence-electron chi connectivity index (χ2n) is 8.23. The monoisotopic (exact) mass is 375 g/mol. The highest BCUT2D eigenvalue weighted by Gasteiger charge is 2.42. The van der Waals surface area contributed by atoms with Crippen LogP contribution in [0.3, 0.4) is 0 Å². The van der Waals surface area contributed by atoms with Gasteiger partial charge in [-0.1, -0.05) is 0 Å². The maximum Gasteiger partial charge on any atom is 0.407 e. The fraction of sp³-hybridized carbons (Fsp3) is 0.650. The molecule has 2 saturated heterocycles. The molecule has 3 heterocycles. The number of alkyl carbamates (subject to hydrolysis) is 1. The molecule has 0 aliphatic carbocycles. The van der Waals surface area contributed by atoms with Crippen molar-refractivity contribution in [3.05, 3.63) is 23.9 Å². The average molecular weight is 375 g/mol. The van der Waals surface area contributed by atoms with Crippen molar-refractivity contribution in [1.29, 1.82) is 0 Å². The van der Waals surface area contributed by atoms with E-state index in [1.54, 1.807) is 19.2 Å². The van der Waals surface area contributed by atoms with Crippen LogP contribution < -0.4 is 10.2 Å². The quantitative estimate of drug-likeness (QED) is 0.814. The van der Waals surface area contributed by atoms with E-state index in [2.05, 4.69) is 15.2 Å². The average Bonchev–Trinajstić information content (AvgIpc) is 2.84. The molecule has 1 unspecified atom stereocenters. The van der Waals surface area contributed by atoms with E-state index in [0.29, 0.717) is 24.3 Å². The number of ether oxygens (including phenoxy) is 2. The van der Waals surface area contributed by atoms with Gasteiger partial charge in [-0.2, -0.15) is 0 Å². The number of piperidine rings is 1. The van der Waals surface area contributed by atoms with Crippen LogP contribution in [-0.2, 0) is 9.47 Å². The molecule has 1 N–H and O–H groups in total. The molecule has 1 amide bonds. The number of anilines is 1. The second-order valence-corrected chi connectivity index (χ2v) is 8.23. The third kappa shape index (κ3) is 4.70. The zero-order valence-electron chi connectivity index (χ0n) is 16.5. The molecular formula is C20H29N3O4. The molecule has 3 atom stereocenters. The van der Waals surface area contributed by atoms with Gasteiger partial charge in [0.1, 0.15) is 11.4 Å². The van der Waals surface area contributed by atoms with Gasteiger partial charge in [-0.3, -0.25) is 0 Å². The van der Waals surface area contributed by atoms with Crippen molar-refractivity contribution < 1.29 is 19.1 Å². The lowest BCUT2D eigenvalue weighted by Gasteiger charge is -2.40. The molecular weight excluding hydrogens is 346 g/mol. The summed E-state index contributed by atoms with van der Waals surface area (Å²) in [4.78, 5) is 30.7. The standard InChI is InChI=1S/C20H29N3O4/c1-5-26-18(24)13-6-9-17(21-12-13)23-15-7-8-16(23)11-14(10-15)22-19(25)27-20(2,3)4/h6,9,12,14-16H,5,7-8,10-11H2,1-4H3,(H,22,25)/t14?,15-,16+. The van der Waals surface area contributed by atoms with Gasteiger partial charge in [-0.15, -0.1) is 0 Å². The molecule has 2 fully saturated rings. The van der Waals surface area contributed by atoms with Crippen LogP contribution in [0.5, 0.6) is 0 Å². The van der Waals surface area contributed by atoms with Crippen LogP contribution in [-0.4, -0.2) is 47.4 Å². The van der Waals surface area contributed by atoms with Gasteiger partial charge in [-0.05, 0) is 65.5 Å². The minimum absolute atomic E-state index is 0.118. The number of fused-ring (bicyclic) bond motifs is 2. The zero-order chi connectivity index (χ0) is 19.6. The third-order valence-corrected chi connectivity index (χ3v) is 4.98. The molecule has 1 aromatic rings. The molecule has 7 nitrogen and oxygen atoms in total. The Bertz CT molecular complexity index is 669. The van der Waals surface area contributed by atoms with Gasteiger partial charge >= 0.3 is 12.1 Å². The van der Waals surface area contributed by atoms with Gasteiger partial charge < -0.3 is 19.7 Å². The molecule has 0 saturated carbocycles. The summed E-state index contributed by atoms with van der Waals surface area (Å²) in [5.41, 5.74) is -0.0246. The zero-order valence-corrected chi connectivity index (χ0v) is 16.5. The van der Waals surface area contributed by atoms with Crippen molar-refractivity contribution in [1.82, 2.24) is 10.3 Å². The Balaban J connectivity index is 1.62. The topological polar surface area (TPSA) is 80.8 Å². The number of amides is 1. The first-order chi connectivity index (χ1) is 12.8. The van der Waals surface area contributed by atoms with Crippen LogP contribution in [0.15, 0.2) is 18.3 Å². The Morgan fingerprint density at radius 1 is 1.22 bits per heavy atom. The molecule has 0 spiro atoms. The van der Waals surface area contributed by atoms with Crippen LogP contribution in [0.4, 0.5) is 10.6 Å². The highest BCUT2D eigenvalue weighted by Crippen LogP contribution is 2.38. The number of carbonyl (C=O) groups is 2. The molecule has 0 aromatic carbocycles. The number of pyridine rings is 1. The largest absolute Gasteiger partial charge is 0.462 e. The molecule has 7 heteroatoms. The number of nitrogens with zero attached hydrogens (tertiary/aromatic N) is 2. The SMILES string of the molecule is CCOC(=O)c1ccc(N2[C@@H]3CC[C@H]2CC(NC(=O)OC(C)(C)C)C3)nc1. The highest BCUT2D eigenvalue weighted by molar-refractivity contribution is 5.89. The molecule has 3 rings (SSSR count). The van der Waals surface area contributed by atoms with Crippen molar-refractivity contribution in [2.75, 3.05) is 11.5 Å². The Labute approximate surface area is 160 Å². The van der Waals surface area contributed by atoms with Crippen molar-refractivity contribution in [2.45, 2.75) is 77.1 Å². The highest BCUT2D eigenvalue weighted by atomic mass is 16.6. The van der Waals surface area contributed by atoms with E-state index < -0.39 is 5.60 Å². The number of esters is 1. The van der Waals surface area contributed by atoms with E-state index in [-0.39, 0.29) is 18.1 Å². The van der Waals surface area contributed by atoms with E-state index in [1.807, 2.05) is 26.8 Å². The normalized spacial score (nSPS) is 24.4. The van der Waals surface area contributed by atoms with Gasteiger partial charge in [0, 0.05) is 24.3 Å². The Morgan fingerprint density at radius 2 is 1.89 bits per heavy atom. The summed E-state index contributed by atoms with van der Waals surface area (Å²) in [6.07, 6.45) is 5.14. The van der Waals surface area contributed by atoms with Gasteiger partial charge in [0.15, 0.2) is 0 Å². The van der Waals surface area contributed by atoms with Crippen molar-refractivity contribution >= 4 is 17.9 Å². The molecule has 27 heavy (non-hydrogen) atoms. The van der Waals surface area contributed by atoms with E-state index >= 15 is 0 Å². The summed E-state index contributed by atoms with van der Waals surface area (Å²) < 4.78 is 10.4. The Hall–Kier alpha value is -2.31. The lowest BCUT2D eigenvalue weighted by Crippen LogP contribution is -2.51. The summed E-state index contributed by atoms with van der Waals surface area (Å²) in [7, 11) is 0. The Kier molecular flexibility index (Phi) is 5.58.